The van der Waals surface area contributed by atoms with E-state index in [4.69, 9.17) is 0 Å². The molecule has 0 atom stereocenters. The Hall–Kier alpha value is -1.16. The summed E-state index contributed by atoms with van der Waals surface area (Å²) in [4.78, 5) is 3.89. The molecule has 0 N–H and O–H groups in total. The summed E-state index contributed by atoms with van der Waals surface area (Å²) >= 11 is 3.41. The third-order valence-electron chi connectivity index (χ3n) is 2.01. The fourth-order valence-corrected chi connectivity index (χ4v) is 1.51. The van der Waals surface area contributed by atoms with Crippen LogP contribution in [0.1, 0.15) is 5.56 Å². The zero-order valence-electron chi connectivity index (χ0n) is 7.60. The van der Waals surface area contributed by atoms with Crippen molar-refractivity contribution in [2.75, 3.05) is 0 Å². The smallest absolute Gasteiger partial charge is 0.137 e. The zero-order chi connectivity index (χ0) is 9.80. The first kappa shape index (κ1) is 9.40. The van der Waals surface area contributed by atoms with Crippen LogP contribution >= 0.6 is 15.9 Å². The van der Waals surface area contributed by atoms with Gasteiger partial charge in [0, 0.05) is 11.0 Å². The van der Waals surface area contributed by atoms with E-state index in [9.17, 15) is 0 Å². The Balaban J connectivity index is 1.95. The van der Waals surface area contributed by atoms with Crippen molar-refractivity contribution in [3.05, 3.63) is 47.0 Å². The number of hydrogen-bond acceptors (Lipinski definition) is 2. The molecule has 0 aliphatic rings. The van der Waals surface area contributed by atoms with E-state index in [0.717, 1.165) is 17.4 Å². The van der Waals surface area contributed by atoms with Crippen LogP contribution in [0.25, 0.3) is 0 Å². The third-order valence-corrected chi connectivity index (χ3v) is 2.54. The van der Waals surface area contributed by atoms with E-state index in [1.807, 2.05) is 4.68 Å². The molecule has 4 heteroatoms. The van der Waals surface area contributed by atoms with Gasteiger partial charge in [-0.05, 0) is 24.1 Å². The summed E-state index contributed by atoms with van der Waals surface area (Å²) in [5, 5.41) is 4.05. The maximum Gasteiger partial charge on any atom is 0.137 e. The predicted octanol–water partition coefficient (Wildman–Crippen LogP) is 2.28. The molecule has 0 aliphatic heterocycles. The summed E-state index contributed by atoms with van der Waals surface area (Å²) in [6.45, 7) is 0.877. The van der Waals surface area contributed by atoms with Crippen molar-refractivity contribution >= 4 is 15.9 Å². The second-order valence-corrected chi connectivity index (χ2v) is 3.95. The molecule has 0 radical (unpaired) electrons. The average Bonchev–Trinajstić information content (AvgIpc) is 2.70. The van der Waals surface area contributed by atoms with Crippen molar-refractivity contribution in [3.8, 4) is 0 Å². The Morgan fingerprint density at radius 2 is 2.00 bits per heavy atom. The highest BCUT2D eigenvalue weighted by Crippen LogP contribution is 2.11. The first-order valence-corrected chi connectivity index (χ1v) is 5.21. The van der Waals surface area contributed by atoms with E-state index in [0.29, 0.717) is 0 Å². The van der Waals surface area contributed by atoms with Crippen LogP contribution in [0.3, 0.4) is 0 Å². The van der Waals surface area contributed by atoms with Crippen LogP contribution in [-0.2, 0) is 13.0 Å². The van der Waals surface area contributed by atoms with Crippen molar-refractivity contribution in [1.29, 1.82) is 0 Å². The largest absolute Gasteiger partial charge is 0.253 e. The minimum absolute atomic E-state index is 0.877. The molecule has 0 amide bonds. The minimum atomic E-state index is 0.877. The molecule has 0 saturated heterocycles. The van der Waals surface area contributed by atoms with E-state index in [1.54, 1.807) is 12.7 Å². The molecule has 0 saturated carbocycles. The Morgan fingerprint density at radius 3 is 2.64 bits per heavy atom. The first-order chi connectivity index (χ1) is 6.84. The lowest BCUT2D eigenvalue weighted by Gasteiger charge is -2.01. The minimum Gasteiger partial charge on any atom is -0.253 e. The van der Waals surface area contributed by atoms with Gasteiger partial charge in [0.05, 0.1) is 0 Å². The van der Waals surface area contributed by atoms with Gasteiger partial charge in [0.2, 0.25) is 0 Å². The molecule has 0 aliphatic carbocycles. The quantitative estimate of drug-likeness (QED) is 0.839. The molecule has 1 aromatic carbocycles. The van der Waals surface area contributed by atoms with Crippen molar-refractivity contribution in [1.82, 2.24) is 14.8 Å². The number of aromatic nitrogens is 3. The highest BCUT2D eigenvalue weighted by Gasteiger charge is 1.94. The van der Waals surface area contributed by atoms with Gasteiger partial charge in [0.15, 0.2) is 0 Å². The molecular formula is C10H10BrN3. The molecular weight excluding hydrogens is 242 g/mol. The highest BCUT2D eigenvalue weighted by atomic mass is 79.9. The van der Waals surface area contributed by atoms with Gasteiger partial charge in [0.1, 0.15) is 12.7 Å². The lowest BCUT2D eigenvalue weighted by Crippen LogP contribution is -2.01. The van der Waals surface area contributed by atoms with Crippen LogP contribution in [-0.4, -0.2) is 14.8 Å². The van der Waals surface area contributed by atoms with Crippen LogP contribution in [0.2, 0.25) is 0 Å². The number of nitrogens with zero attached hydrogens (tertiary/aromatic N) is 3. The van der Waals surface area contributed by atoms with Gasteiger partial charge in [-0.15, -0.1) is 0 Å². The van der Waals surface area contributed by atoms with Crippen molar-refractivity contribution in [3.63, 3.8) is 0 Å². The van der Waals surface area contributed by atoms with E-state index in [-0.39, 0.29) is 0 Å². The number of hydrogen-bond donors (Lipinski definition) is 0. The Bertz CT molecular complexity index is 380. The van der Waals surface area contributed by atoms with Gasteiger partial charge in [0.25, 0.3) is 0 Å². The van der Waals surface area contributed by atoms with Gasteiger partial charge in [-0.2, -0.15) is 5.10 Å². The molecule has 14 heavy (non-hydrogen) atoms. The number of aryl methyl sites for hydroxylation is 2. The standard InChI is InChI=1S/C10H10BrN3/c11-10-3-1-9(2-4-10)5-6-14-8-12-7-13-14/h1-4,7-8H,5-6H2. The number of halogens is 1. The normalized spacial score (nSPS) is 10.4. The van der Waals surface area contributed by atoms with Gasteiger partial charge in [-0.3, -0.25) is 4.68 Å². The molecule has 2 rings (SSSR count). The summed E-state index contributed by atoms with van der Waals surface area (Å²) in [5.41, 5.74) is 1.31. The topological polar surface area (TPSA) is 30.7 Å². The predicted molar refractivity (Wildman–Crippen MR) is 57.9 cm³/mol. The second-order valence-electron chi connectivity index (χ2n) is 3.04. The lowest BCUT2D eigenvalue weighted by molar-refractivity contribution is 0.613. The summed E-state index contributed by atoms with van der Waals surface area (Å²) in [6, 6.07) is 8.33. The van der Waals surface area contributed by atoms with Gasteiger partial charge >= 0.3 is 0 Å². The Labute approximate surface area is 90.9 Å². The fourth-order valence-electron chi connectivity index (χ4n) is 1.24. The molecule has 0 spiro atoms. The molecule has 2 aromatic rings. The van der Waals surface area contributed by atoms with Crippen LogP contribution in [0.15, 0.2) is 41.4 Å². The van der Waals surface area contributed by atoms with Gasteiger partial charge in [-0.25, -0.2) is 4.98 Å². The third kappa shape index (κ3) is 2.42. The van der Waals surface area contributed by atoms with E-state index in [1.165, 1.54) is 5.56 Å². The second kappa shape index (κ2) is 4.37. The molecule has 0 bridgehead atoms. The summed E-state index contributed by atoms with van der Waals surface area (Å²) in [6.07, 6.45) is 4.27. The number of rotatable bonds is 3. The van der Waals surface area contributed by atoms with E-state index < -0.39 is 0 Å². The van der Waals surface area contributed by atoms with Crippen molar-refractivity contribution in [2.24, 2.45) is 0 Å². The fraction of sp³-hybridized carbons (Fsp3) is 0.200. The molecule has 0 unspecified atom stereocenters. The first-order valence-electron chi connectivity index (χ1n) is 4.41. The maximum absolute atomic E-state index is 4.05. The summed E-state index contributed by atoms with van der Waals surface area (Å²) in [7, 11) is 0. The number of benzene rings is 1. The van der Waals surface area contributed by atoms with Crippen LogP contribution in [0, 0.1) is 0 Å². The Morgan fingerprint density at radius 1 is 1.21 bits per heavy atom. The van der Waals surface area contributed by atoms with Crippen molar-refractivity contribution < 1.29 is 0 Å². The molecule has 0 fully saturated rings. The lowest BCUT2D eigenvalue weighted by atomic mass is 10.1. The van der Waals surface area contributed by atoms with Crippen LogP contribution in [0.4, 0.5) is 0 Å². The summed E-state index contributed by atoms with van der Waals surface area (Å²) in [5.74, 6) is 0. The Kier molecular flexibility index (Phi) is 2.93. The van der Waals surface area contributed by atoms with Crippen LogP contribution < -0.4 is 0 Å². The van der Waals surface area contributed by atoms with Crippen molar-refractivity contribution in [2.45, 2.75) is 13.0 Å². The van der Waals surface area contributed by atoms with Crippen LogP contribution in [0.5, 0.6) is 0 Å². The van der Waals surface area contributed by atoms with Gasteiger partial charge in [-0.1, -0.05) is 28.1 Å². The zero-order valence-corrected chi connectivity index (χ0v) is 9.18. The molecule has 72 valence electrons. The highest BCUT2D eigenvalue weighted by molar-refractivity contribution is 9.10. The van der Waals surface area contributed by atoms with E-state index in [2.05, 4.69) is 50.3 Å². The maximum atomic E-state index is 4.05. The molecule has 1 aromatic heterocycles. The molecule has 3 nitrogen and oxygen atoms in total. The molecule has 1 heterocycles. The SMILES string of the molecule is Brc1ccc(CCn2cncn2)cc1. The summed E-state index contributed by atoms with van der Waals surface area (Å²) < 4.78 is 2.95. The monoisotopic (exact) mass is 251 g/mol. The van der Waals surface area contributed by atoms with Gasteiger partial charge < -0.3 is 0 Å². The van der Waals surface area contributed by atoms with E-state index >= 15 is 0 Å². The average molecular weight is 252 g/mol.